The molecule has 5 nitrogen and oxygen atoms in total. The second-order valence-corrected chi connectivity index (χ2v) is 8.90. The van der Waals surface area contributed by atoms with Crippen LogP contribution in [0.25, 0.3) is 0 Å². The number of benzene rings is 1. The zero-order chi connectivity index (χ0) is 20.2. The summed E-state index contributed by atoms with van der Waals surface area (Å²) in [7, 11) is 0. The van der Waals surface area contributed by atoms with Crippen molar-refractivity contribution in [2.45, 2.75) is 38.3 Å². The van der Waals surface area contributed by atoms with Gasteiger partial charge in [-0.3, -0.25) is 9.59 Å². The normalized spacial score (nSPS) is 13.3. The van der Waals surface area contributed by atoms with Crippen LogP contribution in [-0.4, -0.2) is 27.7 Å². The quantitative estimate of drug-likeness (QED) is 0.582. The maximum Gasteiger partial charge on any atom is 0.231 e. The van der Waals surface area contributed by atoms with Gasteiger partial charge in [0.05, 0.1) is 18.5 Å². The molecule has 1 fully saturated rings. The minimum atomic E-state index is -0.298. The van der Waals surface area contributed by atoms with Gasteiger partial charge in [0.1, 0.15) is 5.82 Å². The van der Waals surface area contributed by atoms with E-state index in [0.29, 0.717) is 23.8 Å². The molecule has 1 aromatic carbocycles. The first-order valence-electron chi connectivity index (χ1n) is 9.37. The van der Waals surface area contributed by atoms with E-state index in [1.165, 1.54) is 34.8 Å². The van der Waals surface area contributed by atoms with Gasteiger partial charge in [-0.15, -0.1) is 22.7 Å². The molecule has 0 aliphatic heterocycles. The van der Waals surface area contributed by atoms with Crippen LogP contribution < -0.4 is 5.32 Å². The van der Waals surface area contributed by atoms with E-state index in [1.807, 2.05) is 28.5 Å². The van der Waals surface area contributed by atoms with Crippen LogP contribution in [0.4, 0.5) is 9.52 Å². The van der Waals surface area contributed by atoms with Crippen molar-refractivity contribution in [3.63, 3.8) is 0 Å². The largest absolute Gasteiger partial charge is 0.335 e. The van der Waals surface area contributed by atoms with Crippen LogP contribution in [0.5, 0.6) is 0 Å². The Morgan fingerprint density at radius 1 is 1.17 bits per heavy atom. The number of thiophene rings is 1. The average Bonchev–Trinajstić information content (AvgIpc) is 3.22. The van der Waals surface area contributed by atoms with E-state index < -0.39 is 0 Å². The van der Waals surface area contributed by atoms with E-state index in [4.69, 9.17) is 0 Å². The van der Waals surface area contributed by atoms with Crippen LogP contribution in [0.1, 0.15) is 29.0 Å². The third-order valence-electron chi connectivity index (χ3n) is 4.60. The van der Waals surface area contributed by atoms with Crippen molar-refractivity contribution < 1.29 is 14.0 Å². The van der Waals surface area contributed by atoms with Crippen LogP contribution in [0.15, 0.2) is 47.2 Å². The predicted octanol–water partition coefficient (Wildman–Crippen LogP) is 4.26. The summed E-state index contributed by atoms with van der Waals surface area (Å²) in [5.41, 5.74) is 1.42. The molecule has 29 heavy (non-hydrogen) atoms. The van der Waals surface area contributed by atoms with Crippen molar-refractivity contribution in [2.24, 2.45) is 0 Å². The summed E-state index contributed by atoms with van der Waals surface area (Å²) in [5.74, 6) is -0.447. The number of thiazole rings is 1. The summed E-state index contributed by atoms with van der Waals surface area (Å²) in [6.45, 7) is 0.399. The lowest BCUT2D eigenvalue weighted by atomic mass is 10.2. The van der Waals surface area contributed by atoms with Crippen LogP contribution in [0.2, 0.25) is 0 Å². The second-order valence-electron chi connectivity index (χ2n) is 7.01. The van der Waals surface area contributed by atoms with E-state index >= 15 is 0 Å². The molecule has 0 spiro atoms. The van der Waals surface area contributed by atoms with Crippen molar-refractivity contribution in [1.82, 2.24) is 9.88 Å². The minimum absolute atomic E-state index is 0.0291. The van der Waals surface area contributed by atoms with Gasteiger partial charge in [0.15, 0.2) is 5.13 Å². The molecule has 3 aromatic rings. The number of halogens is 1. The third kappa shape index (κ3) is 5.48. The lowest BCUT2D eigenvalue weighted by Gasteiger charge is -2.22. The molecule has 0 unspecified atom stereocenters. The molecule has 2 aromatic heterocycles. The first-order valence-corrected chi connectivity index (χ1v) is 11.1. The summed E-state index contributed by atoms with van der Waals surface area (Å²) < 4.78 is 13.5. The van der Waals surface area contributed by atoms with E-state index in [2.05, 4.69) is 10.3 Å². The maximum atomic E-state index is 13.5. The maximum absolute atomic E-state index is 13.5. The van der Waals surface area contributed by atoms with Crippen LogP contribution in [0.3, 0.4) is 0 Å². The van der Waals surface area contributed by atoms with E-state index in [9.17, 15) is 14.0 Å². The van der Waals surface area contributed by atoms with Gasteiger partial charge in [0.25, 0.3) is 0 Å². The average molecular weight is 430 g/mol. The molecule has 1 N–H and O–H groups in total. The Balaban J connectivity index is 1.35. The van der Waals surface area contributed by atoms with Gasteiger partial charge in [0, 0.05) is 22.8 Å². The lowest BCUT2D eigenvalue weighted by molar-refractivity contribution is -0.131. The Bertz CT molecular complexity index is 999. The lowest BCUT2D eigenvalue weighted by Crippen LogP contribution is -2.33. The molecule has 0 bridgehead atoms. The number of carbonyl (C=O) groups is 2. The van der Waals surface area contributed by atoms with Gasteiger partial charge < -0.3 is 10.2 Å². The van der Waals surface area contributed by atoms with E-state index in [0.717, 1.165) is 23.3 Å². The molecule has 0 atom stereocenters. The summed E-state index contributed by atoms with van der Waals surface area (Å²) >= 11 is 2.85. The van der Waals surface area contributed by atoms with Crippen molar-refractivity contribution >= 4 is 39.6 Å². The Kier molecular flexibility index (Phi) is 6.01. The molecule has 150 valence electrons. The summed E-state index contributed by atoms with van der Waals surface area (Å²) in [6.07, 6.45) is 2.43. The number of nitrogens with zero attached hydrogens (tertiary/aromatic N) is 2. The summed E-state index contributed by atoms with van der Waals surface area (Å²) in [4.78, 5) is 32.1. The molecule has 4 rings (SSSR count). The molecule has 0 radical (unpaired) electrons. The highest BCUT2D eigenvalue weighted by Gasteiger charge is 2.32. The Hall–Kier alpha value is -2.58. The summed E-state index contributed by atoms with van der Waals surface area (Å²) in [6, 6.07) is 10.4. The number of anilines is 1. The smallest absolute Gasteiger partial charge is 0.231 e. The molecule has 8 heteroatoms. The molecule has 2 amide bonds. The van der Waals surface area contributed by atoms with Crippen LogP contribution in [0, 0.1) is 5.82 Å². The van der Waals surface area contributed by atoms with Crippen molar-refractivity contribution in [2.75, 3.05) is 5.32 Å². The van der Waals surface area contributed by atoms with Crippen molar-refractivity contribution in [3.05, 3.63) is 69.1 Å². The first kappa shape index (κ1) is 19.7. The SMILES string of the molecule is O=C(Cc1cccs1)Nc1nc(CC(=O)N(Cc2cccc(F)c2)C2CC2)cs1. The van der Waals surface area contributed by atoms with Crippen LogP contribution in [-0.2, 0) is 29.0 Å². The number of aromatic nitrogens is 1. The standard InChI is InChI=1S/C21H20FN3O2S2/c22-15-4-1-3-14(9-15)12-25(17-6-7-17)20(27)10-16-13-29-21(23-16)24-19(26)11-18-5-2-8-28-18/h1-5,8-9,13,17H,6-7,10-12H2,(H,23,24,26). The van der Waals surface area contributed by atoms with Gasteiger partial charge in [-0.05, 0) is 42.0 Å². The number of carbonyl (C=O) groups excluding carboxylic acids is 2. The fourth-order valence-electron chi connectivity index (χ4n) is 3.08. The van der Waals surface area contributed by atoms with Crippen molar-refractivity contribution in [1.29, 1.82) is 0 Å². The highest BCUT2D eigenvalue weighted by Crippen LogP contribution is 2.29. The molecule has 1 saturated carbocycles. The number of amides is 2. The number of nitrogens with one attached hydrogen (secondary N) is 1. The third-order valence-corrected chi connectivity index (χ3v) is 6.28. The fraction of sp³-hybridized carbons (Fsp3) is 0.286. The number of hydrogen-bond donors (Lipinski definition) is 1. The van der Waals surface area contributed by atoms with Gasteiger partial charge in [-0.25, -0.2) is 9.37 Å². The van der Waals surface area contributed by atoms with Crippen molar-refractivity contribution in [3.8, 4) is 0 Å². The van der Waals surface area contributed by atoms with Gasteiger partial charge >= 0.3 is 0 Å². The molecule has 1 aliphatic carbocycles. The van der Waals surface area contributed by atoms with E-state index in [-0.39, 0.29) is 30.1 Å². The van der Waals surface area contributed by atoms with Gasteiger partial charge in [0.2, 0.25) is 11.8 Å². The first-order chi connectivity index (χ1) is 14.1. The zero-order valence-corrected chi connectivity index (χ0v) is 17.3. The van der Waals surface area contributed by atoms with E-state index in [1.54, 1.807) is 11.4 Å². The summed E-state index contributed by atoms with van der Waals surface area (Å²) in [5, 5.41) is 7.02. The molecular formula is C21H20FN3O2S2. The van der Waals surface area contributed by atoms with Gasteiger partial charge in [-0.1, -0.05) is 18.2 Å². The monoisotopic (exact) mass is 429 g/mol. The Labute approximate surface area is 176 Å². The Morgan fingerprint density at radius 3 is 2.76 bits per heavy atom. The molecule has 2 heterocycles. The van der Waals surface area contributed by atoms with Gasteiger partial charge in [-0.2, -0.15) is 0 Å². The number of rotatable bonds is 8. The highest BCUT2D eigenvalue weighted by molar-refractivity contribution is 7.14. The molecular weight excluding hydrogens is 409 g/mol. The molecule has 0 saturated heterocycles. The highest BCUT2D eigenvalue weighted by atomic mass is 32.1. The zero-order valence-electron chi connectivity index (χ0n) is 15.6. The predicted molar refractivity (Wildman–Crippen MR) is 112 cm³/mol. The second kappa shape index (κ2) is 8.84. The Morgan fingerprint density at radius 2 is 2.03 bits per heavy atom. The van der Waals surface area contributed by atoms with Crippen LogP contribution >= 0.6 is 22.7 Å². The minimum Gasteiger partial charge on any atom is -0.335 e. The topological polar surface area (TPSA) is 62.3 Å². The fourth-order valence-corrected chi connectivity index (χ4v) is 4.51. The molecule has 1 aliphatic rings. The number of hydrogen-bond acceptors (Lipinski definition) is 5.